The zero-order valence-electron chi connectivity index (χ0n) is 5.53. The predicted octanol–water partition coefficient (Wildman–Crippen LogP) is 0.191. The van der Waals surface area contributed by atoms with Crippen LogP contribution < -0.4 is 0 Å². The molecular weight excluding hydrogens is 148 g/mol. The lowest BCUT2D eigenvalue weighted by Gasteiger charge is -2.17. The van der Waals surface area contributed by atoms with Crippen LogP contribution in [0.15, 0.2) is 0 Å². The van der Waals surface area contributed by atoms with Gasteiger partial charge in [0.25, 0.3) is 0 Å². The summed E-state index contributed by atoms with van der Waals surface area (Å²) in [6.45, 7) is 0. The summed E-state index contributed by atoms with van der Waals surface area (Å²) in [4.78, 5) is -0.385. The Hall–Kier alpha value is 0.270. The van der Waals surface area contributed by atoms with Gasteiger partial charge in [0, 0.05) is 11.8 Å². The summed E-state index contributed by atoms with van der Waals surface area (Å²) in [5.74, 6) is 0.822. The third kappa shape index (κ3) is 0.447. The highest BCUT2D eigenvalue weighted by molar-refractivity contribution is 8.08. The fourth-order valence-electron chi connectivity index (χ4n) is 2.60. The van der Waals surface area contributed by atoms with Crippen molar-refractivity contribution in [2.75, 3.05) is 0 Å². The molecule has 2 nitrogen and oxygen atoms in total. The van der Waals surface area contributed by atoms with Gasteiger partial charge in [0.2, 0.25) is 0 Å². The average Bonchev–Trinajstić information content (AvgIpc) is 2.30. The molecule has 0 amide bonds. The van der Waals surface area contributed by atoms with E-state index in [1.165, 1.54) is 0 Å². The van der Waals surface area contributed by atoms with E-state index in [-0.39, 0.29) is 11.0 Å². The Morgan fingerprint density at radius 2 is 2.20 bits per heavy atom. The van der Waals surface area contributed by atoms with E-state index in [9.17, 15) is 10.2 Å². The van der Waals surface area contributed by atoms with E-state index < -0.39 is 0 Å². The van der Waals surface area contributed by atoms with Crippen LogP contribution in [0.4, 0.5) is 0 Å². The van der Waals surface area contributed by atoms with E-state index in [0.29, 0.717) is 17.1 Å². The minimum absolute atomic E-state index is 0.106. The first-order valence-corrected chi connectivity index (χ1v) is 4.68. The smallest absolute Gasteiger partial charge is 0.126 e. The van der Waals surface area contributed by atoms with Crippen LogP contribution in [0.5, 0.6) is 0 Å². The molecule has 0 aromatic carbocycles. The number of aliphatic hydroxyl groups excluding tert-OH is 1. The second kappa shape index (κ2) is 1.40. The maximum atomic E-state index is 9.73. The van der Waals surface area contributed by atoms with Gasteiger partial charge in [0.05, 0.1) is 11.4 Å². The highest BCUT2D eigenvalue weighted by Crippen LogP contribution is 2.72. The maximum Gasteiger partial charge on any atom is 0.126 e. The van der Waals surface area contributed by atoms with E-state index in [1.807, 2.05) is 0 Å². The van der Waals surface area contributed by atoms with Gasteiger partial charge in [-0.3, -0.25) is 0 Å². The Kier molecular flexibility index (Phi) is 0.821. The fraction of sp³-hybridized carbons (Fsp3) is 1.00. The van der Waals surface area contributed by atoms with E-state index in [4.69, 9.17) is 0 Å². The van der Waals surface area contributed by atoms with Gasteiger partial charge in [-0.15, -0.1) is 11.8 Å². The minimum Gasteiger partial charge on any atom is -0.393 e. The topological polar surface area (TPSA) is 40.5 Å². The molecule has 2 N–H and O–H groups in total. The normalized spacial score (nSPS) is 70.2. The molecule has 3 heteroatoms. The van der Waals surface area contributed by atoms with Crippen molar-refractivity contribution in [2.24, 2.45) is 11.8 Å². The van der Waals surface area contributed by atoms with E-state index >= 15 is 0 Å². The Bertz CT molecular complexity index is 194. The quantitative estimate of drug-likeness (QED) is 0.494. The van der Waals surface area contributed by atoms with Gasteiger partial charge in [-0.2, -0.15) is 0 Å². The van der Waals surface area contributed by atoms with Crippen LogP contribution in [0.3, 0.4) is 0 Å². The summed E-state index contributed by atoms with van der Waals surface area (Å²) >= 11 is 1.66. The lowest BCUT2D eigenvalue weighted by molar-refractivity contribution is 0.0556. The second-order valence-corrected chi connectivity index (χ2v) is 5.09. The molecular formula is C7H10O2S. The van der Waals surface area contributed by atoms with Crippen LogP contribution in [0.1, 0.15) is 12.8 Å². The average molecular weight is 158 g/mol. The van der Waals surface area contributed by atoms with Crippen molar-refractivity contribution in [3.05, 3.63) is 0 Å². The molecule has 0 radical (unpaired) electrons. The number of fused-ring (bicyclic) bond motifs is 5. The van der Waals surface area contributed by atoms with Gasteiger partial charge in [0.1, 0.15) is 4.93 Å². The molecule has 2 bridgehead atoms. The van der Waals surface area contributed by atoms with Gasteiger partial charge >= 0.3 is 0 Å². The van der Waals surface area contributed by atoms with Crippen molar-refractivity contribution in [1.82, 2.24) is 0 Å². The first-order chi connectivity index (χ1) is 4.72. The van der Waals surface area contributed by atoms with E-state index in [2.05, 4.69) is 0 Å². The number of thioether (sulfide) groups is 1. The molecule has 5 atom stereocenters. The highest BCUT2D eigenvalue weighted by atomic mass is 32.2. The summed E-state index contributed by atoms with van der Waals surface area (Å²) in [5.41, 5.74) is 0. The summed E-state index contributed by atoms with van der Waals surface area (Å²) < 4.78 is 0. The molecule has 2 saturated carbocycles. The number of hydrogen-bond acceptors (Lipinski definition) is 3. The van der Waals surface area contributed by atoms with Crippen LogP contribution in [-0.2, 0) is 0 Å². The Labute approximate surface area is 63.6 Å². The number of aliphatic hydroxyl groups is 2. The third-order valence-electron chi connectivity index (χ3n) is 3.22. The molecule has 3 aliphatic rings. The van der Waals surface area contributed by atoms with Crippen molar-refractivity contribution >= 4 is 11.8 Å². The lowest BCUT2D eigenvalue weighted by atomic mass is 9.95. The number of hydrogen-bond donors (Lipinski definition) is 2. The van der Waals surface area contributed by atoms with Crippen molar-refractivity contribution in [3.63, 3.8) is 0 Å². The third-order valence-corrected chi connectivity index (χ3v) is 4.89. The summed E-state index contributed by atoms with van der Waals surface area (Å²) in [6.07, 6.45) is 1.80. The zero-order valence-corrected chi connectivity index (χ0v) is 6.34. The van der Waals surface area contributed by atoms with Gasteiger partial charge in [0.15, 0.2) is 0 Å². The zero-order chi connectivity index (χ0) is 6.93. The van der Waals surface area contributed by atoms with Crippen LogP contribution in [0.25, 0.3) is 0 Å². The molecule has 3 rings (SSSR count). The van der Waals surface area contributed by atoms with Crippen LogP contribution >= 0.6 is 11.8 Å². The van der Waals surface area contributed by atoms with Gasteiger partial charge in [-0.1, -0.05) is 0 Å². The Morgan fingerprint density at radius 3 is 2.70 bits per heavy atom. The first-order valence-electron chi connectivity index (χ1n) is 3.80. The van der Waals surface area contributed by atoms with Gasteiger partial charge in [-0.05, 0) is 12.8 Å². The van der Waals surface area contributed by atoms with Crippen molar-refractivity contribution in [3.8, 4) is 0 Å². The van der Waals surface area contributed by atoms with Crippen molar-refractivity contribution in [1.29, 1.82) is 0 Å². The van der Waals surface area contributed by atoms with Crippen LogP contribution in [0, 0.1) is 11.8 Å². The molecule has 5 unspecified atom stereocenters. The molecule has 1 heterocycles. The number of rotatable bonds is 0. The van der Waals surface area contributed by atoms with Gasteiger partial charge < -0.3 is 10.2 Å². The molecule has 10 heavy (non-hydrogen) atoms. The fourth-order valence-corrected chi connectivity index (χ4v) is 4.16. The maximum absolute atomic E-state index is 9.73. The molecule has 0 aromatic rings. The van der Waals surface area contributed by atoms with Gasteiger partial charge in [-0.25, -0.2) is 0 Å². The summed E-state index contributed by atoms with van der Waals surface area (Å²) in [7, 11) is 0. The molecule has 0 aromatic heterocycles. The Balaban J connectivity index is 1.98. The lowest BCUT2D eigenvalue weighted by Crippen LogP contribution is -2.29. The van der Waals surface area contributed by atoms with E-state index in [1.54, 1.807) is 11.8 Å². The van der Waals surface area contributed by atoms with Crippen molar-refractivity contribution < 1.29 is 10.2 Å². The molecule has 1 aliphatic heterocycles. The summed E-state index contributed by atoms with van der Waals surface area (Å²) in [5, 5.41) is 19.5. The summed E-state index contributed by atoms with van der Waals surface area (Å²) in [6, 6.07) is 0. The Morgan fingerprint density at radius 1 is 1.40 bits per heavy atom. The minimum atomic E-state index is -0.385. The van der Waals surface area contributed by atoms with Crippen LogP contribution in [0.2, 0.25) is 0 Å². The largest absolute Gasteiger partial charge is 0.393 e. The first kappa shape index (κ1) is 5.86. The monoisotopic (exact) mass is 158 g/mol. The molecule has 3 fully saturated rings. The van der Waals surface area contributed by atoms with Crippen molar-refractivity contribution in [2.45, 2.75) is 29.1 Å². The molecule has 0 spiro atoms. The van der Waals surface area contributed by atoms with E-state index in [0.717, 1.165) is 12.8 Å². The standard InChI is InChI=1S/C7H10O2S/c8-5-2-3-1-4(5)6-7(3,9)10-6/h3-6,8-9H,1-2H2. The van der Waals surface area contributed by atoms with Crippen LogP contribution in [-0.4, -0.2) is 26.5 Å². The second-order valence-electron chi connectivity index (χ2n) is 3.69. The SMILES string of the molecule is OC1CC2CC1C1SC21O. The molecule has 1 saturated heterocycles. The predicted molar refractivity (Wildman–Crippen MR) is 38.5 cm³/mol. The highest BCUT2D eigenvalue weighted by Gasteiger charge is 2.72. The molecule has 56 valence electrons. The molecule has 2 aliphatic carbocycles.